The van der Waals surface area contributed by atoms with Crippen molar-refractivity contribution in [2.24, 2.45) is 5.92 Å². The number of benzene rings is 4. The second kappa shape index (κ2) is 14.9. The molecule has 208 valence electrons. The standard InChI is InChI=1S/C36H40O3S/c1-5-26(2)36(37)39-40-25-38-24-35(31-19-13-8-14-20-31)34-22-32(27(3)29-15-9-6-10-16-29)21-33(23-34)28(4)30-17-11-7-12-18-30/h6-23,26-28,35H,5,24-25H2,1-4H3. The van der Waals surface area contributed by atoms with Crippen LogP contribution in [0, 0.1) is 5.92 Å². The van der Waals surface area contributed by atoms with Crippen LogP contribution < -0.4 is 0 Å². The maximum atomic E-state index is 12.1. The van der Waals surface area contributed by atoms with Crippen LogP contribution in [0.5, 0.6) is 0 Å². The van der Waals surface area contributed by atoms with Gasteiger partial charge in [0.15, 0.2) is 0 Å². The summed E-state index contributed by atoms with van der Waals surface area (Å²) < 4.78 is 11.5. The van der Waals surface area contributed by atoms with Crippen LogP contribution in [0.4, 0.5) is 0 Å². The van der Waals surface area contributed by atoms with Crippen molar-refractivity contribution in [3.63, 3.8) is 0 Å². The van der Waals surface area contributed by atoms with Gasteiger partial charge in [-0.3, -0.25) is 4.79 Å². The number of rotatable bonds is 13. The van der Waals surface area contributed by atoms with Gasteiger partial charge in [0.25, 0.3) is 0 Å². The molecule has 0 aromatic heterocycles. The first-order chi connectivity index (χ1) is 19.5. The number of hydrogen-bond acceptors (Lipinski definition) is 4. The summed E-state index contributed by atoms with van der Waals surface area (Å²) in [6.07, 6.45) is 0.762. The van der Waals surface area contributed by atoms with Crippen LogP contribution in [0.1, 0.15) is 85.3 Å². The monoisotopic (exact) mass is 552 g/mol. The van der Waals surface area contributed by atoms with E-state index in [4.69, 9.17) is 8.92 Å². The quantitative estimate of drug-likeness (QED) is 0.0940. The maximum absolute atomic E-state index is 12.1. The van der Waals surface area contributed by atoms with Crippen molar-refractivity contribution in [1.29, 1.82) is 0 Å². The first-order valence-corrected chi connectivity index (χ1v) is 15.1. The Morgan fingerprint density at radius 3 is 1.57 bits per heavy atom. The van der Waals surface area contributed by atoms with E-state index < -0.39 is 0 Å². The molecule has 0 bridgehead atoms. The molecule has 4 heteroatoms. The van der Waals surface area contributed by atoms with Crippen LogP contribution in [-0.4, -0.2) is 18.5 Å². The Labute approximate surface area is 244 Å². The van der Waals surface area contributed by atoms with Crippen molar-refractivity contribution in [3.8, 4) is 0 Å². The third kappa shape index (κ3) is 7.87. The van der Waals surface area contributed by atoms with E-state index in [0.717, 1.165) is 18.5 Å². The SMILES string of the molecule is CCC(C)C(=O)OSCOCC(c1ccccc1)c1cc(C(C)c2ccccc2)cc(C(C)c2ccccc2)c1. The number of carbonyl (C=O) groups is 1. The molecule has 4 atom stereocenters. The van der Waals surface area contributed by atoms with Gasteiger partial charge in [-0.1, -0.05) is 137 Å². The van der Waals surface area contributed by atoms with E-state index in [1.54, 1.807) is 0 Å². The summed E-state index contributed by atoms with van der Waals surface area (Å²) in [7, 11) is 0. The fourth-order valence-electron chi connectivity index (χ4n) is 4.87. The fourth-order valence-corrected chi connectivity index (χ4v) is 5.37. The lowest BCUT2D eigenvalue weighted by Crippen LogP contribution is -2.13. The van der Waals surface area contributed by atoms with Gasteiger partial charge in [0, 0.05) is 17.8 Å². The molecular weight excluding hydrogens is 512 g/mol. The highest BCUT2D eigenvalue weighted by Gasteiger charge is 2.21. The van der Waals surface area contributed by atoms with E-state index in [0.29, 0.717) is 12.5 Å². The van der Waals surface area contributed by atoms with Crippen LogP contribution in [0.25, 0.3) is 0 Å². The van der Waals surface area contributed by atoms with Crippen LogP contribution in [0.15, 0.2) is 109 Å². The van der Waals surface area contributed by atoms with E-state index in [1.165, 1.54) is 33.4 Å². The molecule has 0 aliphatic carbocycles. The van der Waals surface area contributed by atoms with Crippen molar-refractivity contribution >= 4 is 18.0 Å². The minimum atomic E-state index is -0.196. The van der Waals surface area contributed by atoms with Gasteiger partial charge >= 0.3 is 5.97 Å². The van der Waals surface area contributed by atoms with Crippen LogP contribution in [-0.2, 0) is 13.7 Å². The molecule has 0 aliphatic rings. The van der Waals surface area contributed by atoms with Gasteiger partial charge in [-0.15, -0.1) is 0 Å². The van der Waals surface area contributed by atoms with E-state index >= 15 is 0 Å². The Bertz CT molecular complexity index is 1260. The minimum absolute atomic E-state index is 0.0386. The van der Waals surface area contributed by atoms with Gasteiger partial charge in [0.1, 0.15) is 5.94 Å². The lowest BCUT2D eigenvalue weighted by Gasteiger charge is -2.24. The molecule has 0 spiro atoms. The Kier molecular flexibility index (Phi) is 11.0. The fraction of sp³-hybridized carbons (Fsp3) is 0.306. The Morgan fingerprint density at radius 1 is 0.650 bits per heavy atom. The van der Waals surface area contributed by atoms with Gasteiger partial charge in [0.2, 0.25) is 0 Å². The zero-order valence-corrected chi connectivity index (χ0v) is 24.8. The molecule has 4 rings (SSSR count). The minimum Gasteiger partial charge on any atom is -0.389 e. The number of ether oxygens (including phenoxy) is 1. The Hall–Kier alpha value is -3.34. The first kappa shape index (κ1) is 29.6. The Morgan fingerprint density at radius 2 is 1.10 bits per heavy atom. The van der Waals surface area contributed by atoms with Crippen molar-refractivity contribution in [2.75, 3.05) is 12.5 Å². The van der Waals surface area contributed by atoms with Crippen molar-refractivity contribution in [1.82, 2.24) is 0 Å². The average Bonchev–Trinajstić information content (AvgIpc) is 3.02. The highest BCUT2D eigenvalue weighted by molar-refractivity contribution is 7.94. The third-order valence-electron chi connectivity index (χ3n) is 7.78. The summed E-state index contributed by atoms with van der Waals surface area (Å²) in [5, 5.41) is 0. The zero-order valence-electron chi connectivity index (χ0n) is 24.0. The van der Waals surface area contributed by atoms with E-state index in [9.17, 15) is 4.79 Å². The number of hydrogen-bond donors (Lipinski definition) is 0. The molecule has 0 aliphatic heterocycles. The van der Waals surface area contributed by atoms with Crippen LogP contribution >= 0.6 is 12.0 Å². The van der Waals surface area contributed by atoms with Crippen LogP contribution in [0.3, 0.4) is 0 Å². The summed E-state index contributed by atoms with van der Waals surface area (Å²) >= 11 is 1.08. The van der Waals surface area contributed by atoms with Crippen molar-refractivity contribution in [2.45, 2.75) is 51.9 Å². The zero-order chi connectivity index (χ0) is 28.3. The van der Waals surface area contributed by atoms with E-state index in [2.05, 4.69) is 117 Å². The van der Waals surface area contributed by atoms with E-state index in [-0.39, 0.29) is 29.6 Å². The predicted octanol–water partition coefficient (Wildman–Crippen LogP) is 9.33. The lowest BCUT2D eigenvalue weighted by molar-refractivity contribution is -0.137. The third-order valence-corrected chi connectivity index (χ3v) is 8.32. The molecule has 4 aromatic rings. The molecule has 0 saturated carbocycles. The molecule has 0 amide bonds. The summed E-state index contributed by atoms with van der Waals surface area (Å²) in [6, 6.07) is 38.9. The van der Waals surface area contributed by atoms with Gasteiger partial charge in [-0.25, -0.2) is 0 Å². The first-order valence-electron chi connectivity index (χ1n) is 14.2. The van der Waals surface area contributed by atoms with Crippen molar-refractivity contribution in [3.05, 3.63) is 143 Å². The molecule has 4 unspecified atom stereocenters. The molecule has 0 heterocycles. The van der Waals surface area contributed by atoms with Crippen molar-refractivity contribution < 1.29 is 13.7 Å². The largest absolute Gasteiger partial charge is 0.389 e. The molecule has 40 heavy (non-hydrogen) atoms. The van der Waals surface area contributed by atoms with E-state index in [1.807, 2.05) is 19.9 Å². The highest BCUT2D eigenvalue weighted by Crippen LogP contribution is 2.35. The average molecular weight is 553 g/mol. The molecular formula is C36H40O3S. The molecule has 3 nitrogen and oxygen atoms in total. The van der Waals surface area contributed by atoms with Crippen LogP contribution in [0.2, 0.25) is 0 Å². The normalized spacial score (nSPS) is 14.2. The maximum Gasteiger partial charge on any atom is 0.320 e. The summed E-state index contributed by atoms with van der Waals surface area (Å²) in [5.41, 5.74) is 7.60. The Balaban J connectivity index is 1.65. The lowest BCUT2D eigenvalue weighted by atomic mass is 9.82. The molecule has 0 radical (unpaired) electrons. The molecule has 0 saturated heterocycles. The summed E-state index contributed by atoms with van der Waals surface area (Å²) in [5.74, 6) is 0.517. The van der Waals surface area contributed by atoms with Gasteiger partial charge in [-0.05, 0) is 39.8 Å². The summed E-state index contributed by atoms with van der Waals surface area (Å²) in [4.78, 5) is 12.1. The topological polar surface area (TPSA) is 35.5 Å². The predicted molar refractivity (Wildman–Crippen MR) is 167 cm³/mol. The van der Waals surface area contributed by atoms with Gasteiger partial charge in [0.05, 0.1) is 24.6 Å². The smallest absolute Gasteiger partial charge is 0.320 e. The van der Waals surface area contributed by atoms with Gasteiger partial charge in [-0.2, -0.15) is 0 Å². The van der Waals surface area contributed by atoms with Gasteiger partial charge < -0.3 is 8.92 Å². The molecule has 0 fully saturated rings. The number of carbonyl (C=O) groups excluding carboxylic acids is 1. The molecule has 4 aromatic carbocycles. The second-order valence-corrected chi connectivity index (χ2v) is 11.1. The second-order valence-electron chi connectivity index (χ2n) is 10.5. The summed E-state index contributed by atoms with van der Waals surface area (Å²) in [6.45, 7) is 8.91. The molecule has 0 N–H and O–H groups in total. The highest BCUT2D eigenvalue weighted by atomic mass is 32.2.